The SMILES string of the molecule is COC(=O)Cc1cc(O)cc(N(O)O)c1[O-]. The predicted molar refractivity (Wildman–Crippen MR) is 49.3 cm³/mol. The summed E-state index contributed by atoms with van der Waals surface area (Å²) in [5.74, 6) is -1.80. The Kier molecular flexibility index (Phi) is 3.54. The largest absolute Gasteiger partial charge is 0.871 e. The molecule has 1 aromatic carbocycles. The number of carbonyl (C=O) groups is 1. The van der Waals surface area contributed by atoms with Crippen LogP contribution in [-0.2, 0) is 16.0 Å². The van der Waals surface area contributed by atoms with Gasteiger partial charge in [0.25, 0.3) is 0 Å². The Labute approximate surface area is 90.6 Å². The van der Waals surface area contributed by atoms with E-state index in [1.54, 1.807) is 0 Å². The number of hydrogen-bond acceptors (Lipinski definition) is 7. The maximum atomic E-state index is 11.5. The average molecular weight is 228 g/mol. The molecule has 0 radical (unpaired) electrons. The molecule has 0 aliphatic carbocycles. The Hall–Kier alpha value is -1.99. The number of hydrogen-bond donors (Lipinski definition) is 3. The Morgan fingerprint density at radius 1 is 1.50 bits per heavy atom. The summed E-state index contributed by atoms with van der Waals surface area (Å²) in [6, 6.07) is 1.93. The van der Waals surface area contributed by atoms with Gasteiger partial charge in [0, 0.05) is 6.07 Å². The average Bonchev–Trinajstić information content (AvgIpc) is 2.22. The van der Waals surface area contributed by atoms with E-state index in [0.717, 1.165) is 19.2 Å². The molecule has 0 atom stereocenters. The monoisotopic (exact) mass is 228 g/mol. The van der Waals surface area contributed by atoms with E-state index in [4.69, 9.17) is 10.4 Å². The highest BCUT2D eigenvalue weighted by Crippen LogP contribution is 2.32. The maximum Gasteiger partial charge on any atom is 0.309 e. The highest BCUT2D eigenvalue weighted by atomic mass is 16.8. The zero-order valence-electron chi connectivity index (χ0n) is 8.38. The van der Waals surface area contributed by atoms with Crippen molar-refractivity contribution in [3.8, 4) is 11.5 Å². The van der Waals surface area contributed by atoms with Gasteiger partial charge in [-0.15, -0.1) is 5.23 Å². The lowest BCUT2D eigenvalue weighted by atomic mass is 10.1. The Morgan fingerprint density at radius 2 is 2.12 bits per heavy atom. The summed E-state index contributed by atoms with van der Waals surface area (Å²) in [6.07, 6.45) is -0.357. The third-order valence-electron chi connectivity index (χ3n) is 1.91. The van der Waals surface area contributed by atoms with Crippen LogP contribution in [0.5, 0.6) is 11.5 Å². The van der Waals surface area contributed by atoms with Gasteiger partial charge in [0.1, 0.15) is 5.75 Å². The third kappa shape index (κ3) is 2.53. The Balaban J connectivity index is 3.14. The van der Waals surface area contributed by atoms with Crippen LogP contribution in [0.1, 0.15) is 5.56 Å². The molecule has 0 aliphatic rings. The van der Waals surface area contributed by atoms with E-state index >= 15 is 0 Å². The van der Waals surface area contributed by atoms with E-state index in [2.05, 4.69) is 4.74 Å². The first kappa shape index (κ1) is 12.1. The maximum absolute atomic E-state index is 11.5. The molecular weight excluding hydrogens is 218 g/mol. The van der Waals surface area contributed by atoms with Crippen LogP contribution in [0.25, 0.3) is 0 Å². The molecular formula is C9H10NO6-. The third-order valence-corrected chi connectivity index (χ3v) is 1.91. The fourth-order valence-electron chi connectivity index (χ4n) is 1.16. The van der Waals surface area contributed by atoms with E-state index < -0.39 is 22.6 Å². The van der Waals surface area contributed by atoms with Crippen molar-refractivity contribution in [3.05, 3.63) is 17.7 Å². The number of aromatic hydroxyl groups is 1. The van der Waals surface area contributed by atoms with Crippen LogP contribution >= 0.6 is 0 Å². The summed E-state index contributed by atoms with van der Waals surface area (Å²) in [6.45, 7) is 0. The first-order valence-electron chi connectivity index (χ1n) is 4.23. The van der Waals surface area contributed by atoms with Gasteiger partial charge in [0.15, 0.2) is 0 Å². The number of nitrogens with zero attached hydrogens (tertiary/aromatic N) is 1. The van der Waals surface area contributed by atoms with Crippen molar-refractivity contribution in [2.24, 2.45) is 0 Å². The number of ether oxygens (including phenoxy) is 1. The minimum absolute atomic E-state index is 0.0880. The highest BCUT2D eigenvalue weighted by Gasteiger charge is 2.11. The first-order chi connectivity index (χ1) is 7.45. The van der Waals surface area contributed by atoms with E-state index in [1.807, 2.05) is 0 Å². The van der Waals surface area contributed by atoms with E-state index in [0.29, 0.717) is 0 Å². The number of benzene rings is 1. The Morgan fingerprint density at radius 3 is 2.62 bits per heavy atom. The number of carbonyl (C=O) groups excluding carboxylic acids is 1. The second-order valence-electron chi connectivity index (χ2n) is 3.00. The van der Waals surface area contributed by atoms with Crippen LogP contribution in [0.4, 0.5) is 5.69 Å². The number of esters is 1. The molecule has 0 unspecified atom stereocenters. The van der Waals surface area contributed by atoms with Gasteiger partial charge in [-0.3, -0.25) is 15.2 Å². The standard InChI is InChI=1S/C9H11NO6/c1-16-8(12)3-5-2-6(11)4-7(9(5)13)10(14)15/h2,4,11,13-15H,3H2,1H3/p-1. The predicted octanol–water partition coefficient (Wildman–Crippen LogP) is -0.234. The molecule has 3 N–H and O–H groups in total. The van der Waals surface area contributed by atoms with Crippen LogP contribution in [0.15, 0.2) is 12.1 Å². The van der Waals surface area contributed by atoms with Crippen molar-refractivity contribution in [2.45, 2.75) is 6.42 Å². The van der Waals surface area contributed by atoms with E-state index in [1.165, 1.54) is 0 Å². The van der Waals surface area contributed by atoms with Crippen molar-refractivity contribution in [2.75, 3.05) is 12.3 Å². The van der Waals surface area contributed by atoms with Gasteiger partial charge in [-0.1, -0.05) is 5.75 Å². The van der Waals surface area contributed by atoms with E-state index in [-0.39, 0.29) is 17.7 Å². The van der Waals surface area contributed by atoms with Crippen molar-refractivity contribution in [3.63, 3.8) is 0 Å². The molecule has 0 saturated heterocycles. The molecule has 16 heavy (non-hydrogen) atoms. The summed E-state index contributed by atoms with van der Waals surface area (Å²) < 4.78 is 4.35. The zero-order chi connectivity index (χ0) is 12.3. The van der Waals surface area contributed by atoms with Crippen molar-refractivity contribution < 1.29 is 30.2 Å². The molecule has 0 aromatic heterocycles. The van der Waals surface area contributed by atoms with Gasteiger partial charge in [-0.2, -0.15) is 0 Å². The van der Waals surface area contributed by atoms with Crippen molar-refractivity contribution >= 4 is 11.7 Å². The summed E-state index contributed by atoms with van der Waals surface area (Å²) in [5.41, 5.74) is -0.631. The van der Waals surface area contributed by atoms with Crippen LogP contribution in [-0.4, -0.2) is 28.6 Å². The summed E-state index contributed by atoms with van der Waals surface area (Å²) in [7, 11) is 1.15. The van der Waals surface area contributed by atoms with Gasteiger partial charge < -0.3 is 14.9 Å². The van der Waals surface area contributed by atoms with E-state index in [9.17, 15) is 15.0 Å². The van der Waals surface area contributed by atoms with Crippen LogP contribution in [0, 0.1) is 0 Å². The summed E-state index contributed by atoms with van der Waals surface area (Å²) in [5, 5.41) is 37.7. The van der Waals surface area contributed by atoms with Crippen LogP contribution in [0.3, 0.4) is 0 Å². The summed E-state index contributed by atoms with van der Waals surface area (Å²) >= 11 is 0. The lowest BCUT2D eigenvalue weighted by Crippen LogP contribution is -2.16. The lowest BCUT2D eigenvalue weighted by Gasteiger charge is -2.20. The Bertz CT molecular complexity index is 403. The number of phenols is 1. The molecule has 1 aromatic rings. The van der Waals surface area contributed by atoms with Crippen molar-refractivity contribution in [1.29, 1.82) is 0 Å². The molecule has 7 nitrogen and oxygen atoms in total. The number of anilines is 1. The molecule has 7 heteroatoms. The second kappa shape index (κ2) is 4.69. The zero-order valence-corrected chi connectivity index (χ0v) is 8.38. The molecule has 0 amide bonds. The number of rotatable bonds is 3. The molecule has 0 spiro atoms. The highest BCUT2D eigenvalue weighted by molar-refractivity contribution is 5.75. The van der Waals surface area contributed by atoms with Gasteiger partial charge in [0.2, 0.25) is 0 Å². The topological polar surface area (TPSA) is 113 Å². The first-order valence-corrected chi connectivity index (χ1v) is 4.23. The number of phenolic OH excluding ortho intramolecular Hbond substituents is 1. The van der Waals surface area contributed by atoms with Gasteiger partial charge in [0.05, 0.1) is 19.2 Å². The number of methoxy groups -OCH3 is 1. The van der Waals surface area contributed by atoms with Gasteiger partial charge >= 0.3 is 5.97 Å². The fraction of sp³-hybridized carbons (Fsp3) is 0.222. The normalized spacial score (nSPS) is 9.94. The molecule has 0 aliphatic heterocycles. The second-order valence-corrected chi connectivity index (χ2v) is 3.00. The van der Waals surface area contributed by atoms with Gasteiger partial charge in [-0.05, 0) is 11.6 Å². The quantitative estimate of drug-likeness (QED) is 0.483. The fourth-order valence-corrected chi connectivity index (χ4v) is 1.16. The summed E-state index contributed by atoms with van der Waals surface area (Å²) in [4.78, 5) is 10.9. The molecule has 0 saturated carbocycles. The molecule has 0 fully saturated rings. The molecule has 88 valence electrons. The lowest BCUT2D eigenvalue weighted by molar-refractivity contribution is -0.269. The molecule has 0 bridgehead atoms. The van der Waals surface area contributed by atoms with Crippen LogP contribution < -0.4 is 10.3 Å². The molecule has 1 rings (SSSR count). The van der Waals surface area contributed by atoms with Crippen LogP contribution in [0.2, 0.25) is 0 Å². The van der Waals surface area contributed by atoms with Gasteiger partial charge in [-0.25, -0.2) is 0 Å². The van der Waals surface area contributed by atoms with Crippen molar-refractivity contribution in [1.82, 2.24) is 0 Å². The smallest absolute Gasteiger partial charge is 0.309 e. The molecule has 0 heterocycles. The minimum atomic E-state index is -0.770. The minimum Gasteiger partial charge on any atom is -0.871 e.